The van der Waals surface area contributed by atoms with Crippen molar-refractivity contribution in [2.45, 2.75) is 38.0 Å². The minimum Gasteiger partial charge on any atom is -0.457 e. The fraction of sp³-hybridized carbons (Fsp3) is 0.280. The second kappa shape index (κ2) is 10.5. The van der Waals surface area contributed by atoms with E-state index in [9.17, 15) is 8.78 Å². The predicted molar refractivity (Wildman–Crippen MR) is 120 cm³/mol. The van der Waals surface area contributed by atoms with E-state index in [1.54, 1.807) is 12.1 Å². The molecule has 2 nitrogen and oxygen atoms in total. The fourth-order valence-electron chi connectivity index (χ4n) is 3.15. The summed E-state index contributed by atoms with van der Waals surface area (Å²) in [5, 5.41) is 0. The lowest BCUT2D eigenvalue weighted by Crippen LogP contribution is -2.24. The molecular formula is C25H26F2O2S. The van der Waals surface area contributed by atoms with E-state index in [-0.39, 0.29) is 11.2 Å². The van der Waals surface area contributed by atoms with E-state index < -0.39 is 6.61 Å². The maximum atomic E-state index is 12.4. The number of para-hydroxylation sites is 1. The first kappa shape index (κ1) is 22.2. The van der Waals surface area contributed by atoms with Crippen molar-refractivity contribution in [3.63, 3.8) is 0 Å². The molecule has 0 aliphatic heterocycles. The summed E-state index contributed by atoms with van der Waals surface area (Å²) >= 11 is 1.86. The summed E-state index contributed by atoms with van der Waals surface area (Å²) in [6.07, 6.45) is 0.951. The third-order valence-corrected chi connectivity index (χ3v) is 6.50. The SMILES string of the molecule is CCC(C)(CSCc1cccc(Oc2ccccc2)c1)c1ccc(OC(F)F)cc1. The van der Waals surface area contributed by atoms with Crippen molar-refractivity contribution in [2.75, 3.05) is 5.75 Å². The Bertz CT molecular complexity index is 916. The molecule has 0 heterocycles. The highest BCUT2D eigenvalue weighted by Crippen LogP contribution is 2.34. The van der Waals surface area contributed by atoms with Crippen molar-refractivity contribution < 1.29 is 18.3 Å². The van der Waals surface area contributed by atoms with Crippen LogP contribution in [0.4, 0.5) is 8.78 Å². The molecule has 1 atom stereocenters. The lowest BCUT2D eigenvalue weighted by atomic mass is 9.82. The predicted octanol–water partition coefficient (Wildman–Crippen LogP) is 7.68. The van der Waals surface area contributed by atoms with Crippen LogP contribution in [0, 0.1) is 0 Å². The van der Waals surface area contributed by atoms with Crippen LogP contribution in [0.5, 0.6) is 17.2 Å². The van der Waals surface area contributed by atoms with Crippen molar-refractivity contribution in [1.82, 2.24) is 0 Å². The molecule has 3 aromatic carbocycles. The highest BCUT2D eigenvalue weighted by Gasteiger charge is 2.24. The van der Waals surface area contributed by atoms with Crippen molar-refractivity contribution >= 4 is 11.8 Å². The van der Waals surface area contributed by atoms with Gasteiger partial charge in [-0.1, -0.05) is 56.3 Å². The van der Waals surface area contributed by atoms with Gasteiger partial charge in [0.2, 0.25) is 0 Å². The number of hydrogen-bond acceptors (Lipinski definition) is 3. The van der Waals surface area contributed by atoms with E-state index in [1.807, 2.05) is 66.4 Å². The molecule has 0 radical (unpaired) electrons. The molecule has 0 aliphatic rings. The van der Waals surface area contributed by atoms with E-state index in [0.717, 1.165) is 35.0 Å². The lowest BCUT2D eigenvalue weighted by Gasteiger charge is -2.29. The quantitative estimate of drug-likeness (QED) is 0.330. The van der Waals surface area contributed by atoms with Gasteiger partial charge in [0.15, 0.2) is 0 Å². The van der Waals surface area contributed by atoms with Crippen molar-refractivity contribution in [2.24, 2.45) is 0 Å². The zero-order valence-electron chi connectivity index (χ0n) is 17.2. The van der Waals surface area contributed by atoms with E-state index in [4.69, 9.17) is 4.74 Å². The van der Waals surface area contributed by atoms with E-state index >= 15 is 0 Å². The van der Waals surface area contributed by atoms with Gasteiger partial charge < -0.3 is 9.47 Å². The number of rotatable bonds is 10. The number of alkyl halides is 2. The van der Waals surface area contributed by atoms with Gasteiger partial charge in [0.1, 0.15) is 17.2 Å². The summed E-state index contributed by atoms with van der Waals surface area (Å²) < 4.78 is 35.1. The zero-order chi connectivity index (χ0) is 21.4. The molecule has 0 spiro atoms. The molecule has 1 unspecified atom stereocenters. The first-order chi connectivity index (χ1) is 14.5. The second-order valence-corrected chi connectivity index (χ2v) is 8.36. The zero-order valence-corrected chi connectivity index (χ0v) is 18.0. The Kier molecular flexibility index (Phi) is 7.75. The maximum Gasteiger partial charge on any atom is 0.387 e. The Labute approximate surface area is 181 Å². The van der Waals surface area contributed by atoms with Crippen LogP contribution in [0.3, 0.4) is 0 Å². The van der Waals surface area contributed by atoms with E-state index in [2.05, 4.69) is 30.7 Å². The Morgan fingerprint density at radius 2 is 1.57 bits per heavy atom. The third kappa shape index (κ3) is 6.23. The molecule has 0 aromatic heterocycles. The molecular weight excluding hydrogens is 402 g/mol. The molecule has 0 bridgehead atoms. The topological polar surface area (TPSA) is 18.5 Å². The summed E-state index contributed by atoms with van der Waals surface area (Å²) in [4.78, 5) is 0. The number of ether oxygens (including phenoxy) is 2. The monoisotopic (exact) mass is 428 g/mol. The van der Waals surface area contributed by atoms with Gasteiger partial charge in [-0.3, -0.25) is 0 Å². The minimum atomic E-state index is -2.80. The van der Waals surface area contributed by atoms with Crippen LogP contribution in [0.2, 0.25) is 0 Å². The van der Waals surface area contributed by atoms with Crippen LogP contribution in [0.15, 0.2) is 78.9 Å². The van der Waals surface area contributed by atoms with E-state index in [0.29, 0.717) is 0 Å². The van der Waals surface area contributed by atoms with Gasteiger partial charge >= 0.3 is 6.61 Å². The standard InChI is InChI=1S/C25H26F2O2S/c1-3-25(2,20-12-14-22(15-13-20)29-24(26)27)18-30-17-19-8-7-11-23(16-19)28-21-9-5-4-6-10-21/h4-16,24H,3,17-18H2,1-2H3. The van der Waals surface area contributed by atoms with Gasteiger partial charge in [-0.2, -0.15) is 20.5 Å². The van der Waals surface area contributed by atoms with Gasteiger partial charge in [0, 0.05) is 16.9 Å². The van der Waals surface area contributed by atoms with Crippen molar-refractivity contribution in [3.8, 4) is 17.2 Å². The van der Waals surface area contributed by atoms with Gasteiger partial charge in [0.05, 0.1) is 0 Å². The van der Waals surface area contributed by atoms with E-state index in [1.165, 1.54) is 5.56 Å². The highest BCUT2D eigenvalue weighted by atomic mass is 32.2. The van der Waals surface area contributed by atoms with Gasteiger partial charge in [-0.05, 0) is 53.9 Å². The molecule has 158 valence electrons. The lowest BCUT2D eigenvalue weighted by molar-refractivity contribution is -0.0498. The number of halogens is 2. The molecule has 0 aliphatic carbocycles. The summed E-state index contributed by atoms with van der Waals surface area (Å²) in [5.41, 5.74) is 2.28. The van der Waals surface area contributed by atoms with Gasteiger partial charge in [-0.15, -0.1) is 0 Å². The van der Waals surface area contributed by atoms with Crippen LogP contribution in [0.1, 0.15) is 31.4 Å². The smallest absolute Gasteiger partial charge is 0.387 e. The van der Waals surface area contributed by atoms with Crippen molar-refractivity contribution in [1.29, 1.82) is 0 Å². The van der Waals surface area contributed by atoms with Gasteiger partial charge in [0.25, 0.3) is 0 Å². The highest BCUT2D eigenvalue weighted by molar-refractivity contribution is 7.98. The Balaban J connectivity index is 1.59. The van der Waals surface area contributed by atoms with Crippen LogP contribution in [-0.2, 0) is 11.2 Å². The Hall–Kier alpha value is -2.53. The van der Waals surface area contributed by atoms with Crippen LogP contribution in [0.25, 0.3) is 0 Å². The van der Waals surface area contributed by atoms with Crippen LogP contribution >= 0.6 is 11.8 Å². The number of hydrogen-bond donors (Lipinski definition) is 0. The average molecular weight is 429 g/mol. The minimum absolute atomic E-state index is 0.0494. The van der Waals surface area contributed by atoms with Crippen LogP contribution in [-0.4, -0.2) is 12.4 Å². The molecule has 0 fully saturated rings. The number of thioether (sulfide) groups is 1. The normalized spacial score (nSPS) is 13.1. The molecule has 0 saturated carbocycles. The van der Waals surface area contributed by atoms with Crippen molar-refractivity contribution in [3.05, 3.63) is 90.0 Å². The Morgan fingerprint density at radius 1 is 0.867 bits per heavy atom. The third-order valence-electron chi connectivity index (χ3n) is 5.12. The van der Waals surface area contributed by atoms with Crippen LogP contribution < -0.4 is 9.47 Å². The molecule has 0 saturated heterocycles. The first-order valence-corrected chi connectivity index (χ1v) is 11.1. The number of benzene rings is 3. The largest absolute Gasteiger partial charge is 0.457 e. The molecule has 3 aromatic rings. The molecule has 30 heavy (non-hydrogen) atoms. The summed E-state index contributed by atoms with van der Waals surface area (Å²) in [5.74, 6) is 3.62. The first-order valence-electron chi connectivity index (χ1n) is 9.93. The molecule has 3 rings (SSSR count). The average Bonchev–Trinajstić information content (AvgIpc) is 2.75. The molecule has 0 amide bonds. The summed E-state index contributed by atoms with van der Waals surface area (Å²) in [6.45, 7) is 1.56. The molecule has 5 heteroatoms. The fourth-order valence-corrected chi connectivity index (χ4v) is 4.48. The molecule has 0 N–H and O–H groups in total. The van der Waals surface area contributed by atoms with Gasteiger partial charge in [-0.25, -0.2) is 0 Å². The Morgan fingerprint density at radius 3 is 2.23 bits per heavy atom. The second-order valence-electron chi connectivity index (χ2n) is 7.37. The maximum absolute atomic E-state index is 12.4. The summed E-state index contributed by atoms with van der Waals surface area (Å²) in [7, 11) is 0. The summed E-state index contributed by atoms with van der Waals surface area (Å²) in [6, 6.07) is 24.9.